The summed E-state index contributed by atoms with van der Waals surface area (Å²) < 4.78 is 23.7. The van der Waals surface area contributed by atoms with Gasteiger partial charge in [-0.25, -0.2) is 8.42 Å². The topological polar surface area (TPSA) is 87.1 Å². The summed E-state index contributed by atoms with van der Waals surface area (Å²) in [7, 11) is -3.04. The third-order valence-corrected chi connectivity index (χ3v) is 7.95. The van der Waals surface area contributed by atoms with E-state index in [0.717, 1.165) is 24.1 Å². The molecule has 1 atom stereocenters. The molecule has 1 aliphatic carbocycles. The van der Waals surface area contributed by atoms with E-state index in [1.807, 2.05) is 31.2 Å². The van der Waals surface area contributed by atoms with Crippen LogP contribution in [0.15, 0.2) is 29.3 Å². The van der Waals surface area contributed by atoms with Crippen molar-refractivity contribution in [1.82, 2.24) is 4.90 Å². The van der Waals surface area contributed by atoms with Gasteiger partial charge in [-0.3, -0.25) is 19.5 Å². The van der Waals surface area contributed by atoms with Crippen LogP contribution in [0, 0.1) is 6.92 Å². The summed E-state index contributed by atoms with van der Waals surface area (Å²) in [6, 6.07) is 7.55. The zero-order chi connectivity index (χ0) is 19.9. The van der Waals surface area contributed by atoms with Crippen LogP contribution in [0.4, 0.5) is 5.69 Å². The van der Waals surface area contributed by atoms with Crippen LogP contribution in [0.2, 0.25) is 0 Å². The van der Waals surface area contributed by atoms with Crippen LogP contribution in [0.3, 0.4) is 0 Å². The van der Waals surface area contributed by atoms with Gasteiger partial charge in [-0.15, -0.1) is 0 Å². The van der Waals surface area contributed by atoms with Gasteiger partial charge in [0.05, 0.1) is 22.9 Å². The van der Waals surface area contributed by atoms with Gasteiger partial charge >= 0.3 is 0 Å². The molecule has 2 heterocycles. The predicted octanol–water partition coefficient (Wildman–Crippen LogP) is 1.61. The highest BCUT2D eigenvalue weighted by atomic mass is 32.2. The first kappa shape index (κ1) is 19.4. The third-order valence-electron chi connectivity index (χ3n) is 5.24. The van der Waals surface area contributed by atoms with Crippen LogP contribution >= 0.6 is 11.8 Å². The van der Waals surface area contributed by atoms with Crippen molar-refractivity contribution in [3.05, 3.63) is 29.8 Å². The lowest BCUT2D eigenvalue weighted by Gasteiger charge is -2.28. The zero-order valence-corrected chi connectivity index (χ0v) is 17.3. The molecule has 0 aromatic heterocycles. The minimum Gasteiger partial charge on any atom is -0.335 e. The maximum atomic E-state index is 12.9. The van der Waals surface area contributed by atoms with E-state index < -0.39 is 9.84 Å². The molecule has 1 aromatic rings. The molecule has 0 radical (unpaired) electrons. The molecule has 2 aliphatic heterocycles. The number of rotatable bonds is 5. The van der Waals surface area contributed by atoms with Crippen molar-refractivity contribution < 1.29 is 18.0 Å². The Morgan fingerprint density at radius 3 is 2.54 bits per heavy atom. The maximum Gasteiger partial charge on any atom is 0.254 e. The minimum atomic E-state index is -3.04. The van der Waals surface area contributed by atoms with E-state index in [0.29, 0.717) is 11.6 Å². The van der Waals surface area contributed by atoms with Gasteiger partial charge in [0.25, 0.3) is 5.91 Å². The Kier molecular flexibility index (Phi) is 5.22. The molecule has 0 N–H and O–H groups in total. The number of aryl methyl sites for hydroxylation is 1. The Labute approximate surface area is 169 Å². The number of amidine groups is 1. The highest BCUT2D eigenvalue weighted by Gasteiger charge is 2.42. The molecule has 2 amide bonds. The lowest BCUT2D eigenvalue weighted by molar-refractivity contribution is -0.130. The Hall–Kier alpha value is -1.87. The van der Waals surface area contributed by atoms with Gasteiger partial charge in [0.15, 0.2) is 15.0 Å². The van der Waals surface area contributed by atoms with Crippen molar-refractivity contribution in [2.45, 2.75) is 38.3 Å². The van der Waals surface area contributed by atoms with Crippen molar-refractivity contribution in [2.75, 3.05) is 28.7 Å². The molecule has 150 valence electrons. The van der Waals surface area contributed by atoms with E-state index in [2.05, 4.69) is 4.99 Å². The van der Waals surface area contributed by atoms with Gasteiger partial charge in [0.2, 0.25) is 5.91 Å². The normalized spacial score (nSPS) is 23.8. The van der Waals surface area contributed by atoms with Crippen molar-refractivity contribution in [3.8, 4) is 0 Å². The number of carbonyl (C=O) groups excluding carboxylic acids is 2. The summed E-state index contributed by atoms with van der Waals surface area (Å²) >= 11 is 1.25. The molecule has 1 saturated carbocycles. The van der Waals surface area contributed by atoms with E-state index in [9.17, 15) is 18.0 Å². The smallest absolute Gasteiger partial charge is 0.254 e. The molecule has 0 unspecified atom stereocenters. The molecule has 3 aliphatic rings. The lowest BCUT2D eigenvalue weighted by atomic mass is 10.2. The number of nitrogens with zero attached hydrogens (tertiary/aromatic N) is 3. The van der Waals surface area contributed by atoms with E-state index >= 15 is 0 Å². The number of carbonyl (C=O) groups is 2. The van der Waals surface area contributed by atoms with Crippen LogP contribution < -0.4 is 4.90 Å². The molecule has 9 heteroatoms. The quantitative estimate of drug-likeness (QED) is 0.721. The molecule has 0 spiro atoms. The van der Waals surface area contributed by atoms with Crippen LogP contribution in [0.25, 0.3) is 0 Å². The van der Waals surface area contributed by atoms with Crippen LogP contribution in [0.1, 0.15) is 24.8 Å². The zero-order valence-electron chi connectivity index (χ0n) is 15.7. The molecule has 28 heavy (non-hydrogen) atoms. The van der Waals surface area contributed by atoms with Crippen molar-refractivity contribution in [3.63, 3.8) is 0 Å². The summed E-state index contributed by atoms with van der Waals surface area (Å²) in [6.45, 7) is 2.06. The van der Waals surface area contributed by atoms with E-state index in [-0.39, 0.29) is 47.7 Å². The Morgan fingerprint density at radius 2 is 1.93 bits per heavy atom. The second-order valence-electron chi connectivity index (χ2n) is 7.54. The molecule has 0 bridgehead atoms. The van der Waals surface area contributed by atoms with E-state index in [1.165, 1.54) is 11.8 Å². The largest absolute Gasteiger partial charge is 0.335 e. The maximum absolute atomic E-state index is 12.9. The number of thioether (sulfide) groups is 1. The summed E-state index contributed by atoms with van der Waals surface area (Å²) in [4.78, 5) is 32.8. The minimum absolute atomic E-state index is 0.0643. The van der Waals surface area contributed by atoms with E-state index in [4.69, 9.17) is 0 Å². The average molecular weight is 422 g/mol. The first-order chi connectivity index (χ1) is 13.3. The fourth-order valence-corrected chi connectivity index (χ4v) is 6.30. The molecule has 1 aromatic carbocycles. The molecule has 4 rings (SSSR count). The molecule has 2 fully saturated rings. The first-order valence-corrected chi connectivity index (χ1v) is 12.2. The van der Waals surface area contributed by atoms with Gasteiger partial charge in [0, 0.05) is 12.1 Å². The van der Waals surface area contributed by atoms with Gasteiger partial charge in [0.1, 0.15) is 6.54 Å². The molecule has 7 nitrogen and oxygen atoms in total. The van der Waals surface area contributed by atoms with Crippen LogP contribution in [0.5, 0.6) is 0 Å². The van der Waals surface area contributed by atoms with E-state index in [1.54, 1.807) is 9.80 Å². The highest BCUT2D eigenvalue weighted by Crippen LogP contribution is 2.33. The van der Waals surface area contributed by atoms with Crippen molar-refractivity contribution in [1.29, 1.82) is 0 Å². The monoisotopic (exact) mass is 421 g/mol. The average Bonchev–Trinajstić information content (AvgIpc) is 3.31. The van der Waals surface area contributed by atoms with Gasteiger partial charge in [-0.05, 0) is 38.3 Å². The predicted molar refractivity (Wildman–Crippen MR) is 110 cm³/mol. The number of hydrogen-bond acceptors (Lipinski definition) is 6. The summed E-state index contributed by atoms with van der Waals surface area (Å²) in [5.41, 5.74) is 1.84. The number of amides is 2. The number of anilines is 1. The van der Waals surface area contributed by atoms with Crippen LogP contribution in [-0.2, 0) is 19.4 Å². The summed E-state index contributed by atoms with van der Waals surface area (Å²) in [5.74, 6) is 0.195. The Morgan fingerprint density at radius 1 is 1.21 bits per heavy atom. The SMILES string of the molecule is Cc1ccc(N2C(=O)CN=C2SCC(=O)N(C2CC2)[C@H]2CCS(=O)(=O)C2)cc1. The Bertz CT molecular complexity index is 923. The van der Waals surface area contributed by atoms with Crippen LogP contribution in [-0.4, -0.2) is 66.2 Å². The summed E-state index contributed by atoms with van der Waals surface area (Å²) in [6.07, 6.45) is 2.38. The molecule has 1 saturated heterocycles. The van der Waals surface area contributed by atoms with Gasteiger partial charge < -0.3 is 4.90 Å². The number of aliphatic imine (C=N–C) groups is 1. The first-order valence-electron chi connectivity index (χ1n) is 9.42. The lowest BCUT2D eigenvalue weighted by Crippen LogP contribution is -2.44. The summed E-state index contributed by atoms with van der Waals surface area (Å²) in [5, 5.41) is 0.525. The second kappa shape index (κ2) is 7.51. The number of hydrogen-bond donors (Lipinski definition) is 0. The Balaban J connectivity index is 1.43. The number of sulfone groups is 1. The third kappa shape index (κ3) is 4.10. The van der Waals surface area contributed by atoms with Gasteiger partial charge in [-0.1, -0.05) is 29.5 Å². The second-order valence-corrected chi connectivity index (χ2v) is 10.7. The number of benzene rings is 1. The standard InChI is InChI=1S/C19H23N3O4S2/c1-13-2-4-15(5-3-13)22-17(23)10-20-19(22)27-11-18(24)21(14-6-7-14)16-8-9-28(25,26)12-16/h2-5,14,16H,6-12H2,1H3/t16-/m0/s1. The van der Waals surface area contributed by atoms with Crippen molar-refractivity contribution >= 4 is 44.3 Å². The van der Waals surface area contributed by atoms with Gasteiger partial charge in [-0.2, -0.15) is 0 Å². The molecular weight excluding hydrogens is 398 g/mol. The fraction of sp³-hybridized carbons (Fsp3) is 0.526. The fourth-order valence-electron chi connectivity index (χ4n) is 3.70. The molecular formula is C19H23N3O4S2. The van der Waals surface area contributed by atoms with Crippen molar-refractivity contribution in [2.24, 2.45) is 4.99 Å². The highest BCUT2D eigenvalue weighted by molar-refractivity contribution is 8.14.